The Morgan fingerprint density at radius 2 is 2.07 bits per heavy atom. The third-order valence-electron chi connectivity index (χ3n) is 2.06. The Balaban J connectivity index is 2.89. The summed E-state index contributed by atoms with van der Waals surface area (Å²) in [4.78, 5) is 0. The molecule has 0 nitrogen and oxygen atoms in total. The van der Waals surface area contributed by atoms with Crippen LogP contribution in [0.25, 0.3) is 6.08 Å². The van der Waals surface area contributed by atoms with E-state index in [1.165, 1.54) is 0 Å². The van der Waals surface area contributed by atoms with Gasteiger partial charge in [0.25, 0.3) is 0 Å². The zero-order valence-electron chi connectivity index (χ0n) is 9.05. The van der Waals surface area contributed by atoms with Gasteiger partial charge in [-0.1, -0.05) is 38.1 Å². The van der Waals surface area contributed by atoms with Crippen molar-refractivity contribution in [3.63, 3.8) is 0 Å². The second-order valence-corrected chi connectivity index (χ2v) is 3.95. The van der Waals surface area contributed by atoms with E-state index in [9.17, 15) is 4.39 Å². The molecule has 0 spiro atoms. The Morgan fingerprint density at radius 1 is 1.36 bits per heavy atom. The molecule has 1 heteroatoms. The topological polar surface area (TPSA) is 0 Å². The van der Waals surface area contributed by atoms with Gasteiger partial charge in [0.15, 0.2) is 0 Å². The van der Waals surface area contributed by atoms with E-state index in [1.54, 1.807) is 6.07 Å². The lowest BCUT2D eigenvalue weighted by atomic mass is 10.0. The van der Waals surface area contributed by atoms with Crippen molar-refractivity contribution in [1.82, 2.24) is 0 Å². The highest BCUT2D eigenvalue weighted by molar-refractivity contribution is 5.49. The van der Waals surface area contributed by atoms with Crippen molar-refractivity contribution in [1.29, 1.82) is 0 Å². The minimum atomic E-state index is -0.0886. The van der Waals surface area contributed by atoms with E-state index in [1.807, 2.05) is 31.2 Å². The molecule has 14 heavy (non-hydrogen) atoms. The SMILES string of the molecule is C/C=C/c1ccc(CC(C)C)c(F)c1. The van der Waals surface area contributed by atoms with Crippen molar-refractivity contribution in [3.05, 3.63) is 41.2 Å². The van der Waals surface area contributed by atoms with Crippen LogP contribution >= 0.6 is 0 Å². The number of allylic oxidation sites excluding steroid dienone is 1. The maximum atomic E-state index is 13.5. The first-order valence-corrected chi connectivity index (χ1v) is 5.04. The predicted molar refractivity (Wildman–Crippen MR) is 59.7 cm³/mol. The number of hydrogen-bond acceptors (Lipinski definition) is 0. The Kier molecular flexibility index (Phi) is 3.87. The molecule has 0 fully saturated rings. The third-order valence-corrected chi connectivity index (χ3v) is 2.06. The van der Waals surface area contributed by atoms with Gasteiger partial charge < -0.3 is 0 Å². The summed E-state index contributed by atoms with van der Waals surface area (Å²) in [5, 5.41) is 0. The fourth-order valence-corrected chi connectivity index (χ4v) is 1.47. The second kappa shape index (κ2) is 4.94. The van der Waals surface area contributed by atoms with Crippen LogP contribution in [0.1, 0.15) is 31.9 Å². The lowest BCUT2D eigenvalue weighted by molar-refractivity contribution is 0.574. The molecule has 0 unspecified atom stereocenters. The smallest absolute Gasteiger partial charge is 0.127 e. The summed E-state index contributed by atoms with van der Waals surface area (Å²) in [7, 11) is 0. The lowest BCUT2D eigenvalue weighted by Gasteiger charge is -2.06. The van der Waals surface area contributed by atoms with E-state index in [0.29, 0.717) is 5.92 Å². The van der Waals surface area contributed by atoms with Gasteiger partial charge in [-0.05, 0) is 36.5 Å². The summed E-state index contributed by atoms with van der Waals surface area (Å²) in [6.07, 6.45) is 4.63. The molecule has 0 N–H and O–H groups in total. The molecule has 0 aliphatic rings. The molecule has 0 radical (unpaired) electrons. The molecule has 1 rings (SSSR count). The summed E-state index contributed by atoms with van der Waals surface area (Å²) in [6.45, 7) is 6.12. The molecule has 0 aliphatic carbocycles. The Hall–Kier alpha value is -1.11. The molecule has 0 amide bonds. The van der Waals surface area contributed by atoms with Gasteiger partial charge in [0.2, 0.25) is 0 Å². The highest BCUT2D eigenvalue weighted by Gasteiger charge is 2.04. The molecule has 0 aromatic heterocycles. The van der Waals surface area contributed by atoms with Crippen molar-refractivity contribution in [3.8, 4) is 0 Å². The van der Waals surface area contributed by atoms with E-state index in [-0.39, 0.29) is 5.82 Å². The molecule has 1 aromatic carbocycles. The average Bonchev–Trinajstić information content (AvgIpc) is 2.10. The second-order valence-electron chi connectivity index (χ2n) is 3.95. The summed E-state index contributed by atoms with van der Waals surface area (Å²) < 4.78 is 13.5. The van der Waals surface area contributed by atoms with Crippen LogP contribution in [-0.4, -0.2) is 0 Å². The number of halogens is 1. The van der Waals surface area contributed by atoms with Gasteiger partial charge in [-0.2, -0.15) is 0 Å². The first kappa shape index (κ1) is 11.0. The summed E-state index contributed by atoms with van der Waals surface area (Å²) in [6, 6.07) is 5.43. The first-order chi connectivity index (χ1) is 6.63. The van der Waals surface area contributed by atoms with Crippen LogP contribution in [-0.2, 0) is 6.42 Å². The summed E-state index contributed by atoms with van der Waals surface area (Å²) in [5.41, 5.74) is 1.74. The van der Waals surface area contributed by atoms with Crippen LogP contribution in [0.4, 0.5) is 4.39 Å². The largest absolute Gasteiger partial charge is 0.207 e. The highest BCUT2D eigenvalue weighted by atomic mass is 19.1. The quantitative estimate of drug-likeness (QED) is 0.677. The number of hydrogen-bond donors (Lipinski definition) is 0. The van der Waals surface area contributed by atoms with Gasteiger partial charge in [-0.15, -0.1) is 0 Å². The normalized spacial score (nSPS) is 11.5. The Bertz CT molecular complexity index is 324. The molecular formula is C13H17F. The predicted octanol–water partition coefficient (Wildman–Crippen LogP) is 4.06. The third kappa shape index (κ3) is 2.99. The standard InChI is InChI=1S/C13H17F/c1-4-5-11-6-7-12(8-10(2)3)13(14)9-11/h4-7,9-10H,8H2,1-3H3/b5-4+. The van der Waals surface area contributed by atoms with Gasteiger partial charge in [0.05, 0.1) is 0 Å². The fourth-order valence-electron chi connectivity index (χ4n) is 1.47. The number of rotatable bonds is 3. The molecule has 0 heterocycles. The lowest BCUT2D eigenvalue weighted by Crippen LogP contribution is -1.97. The van der Waals surface area contributed by atoms with Crippen molar-refractivity contribution in [2.45, 2.75) is 27.2 Å². The Labute approximate surface area is 85.5 Å². The minimum Gasteiger partial charge on any atom is -0.207 e. The van der Waals surface area contributed by atoms with E-state index >= 15 is 0 Å². The summed E-state index contributed by atoms with van der Waals surface area (Å²) >= 11 is 0. The zero-order chi connectivity index (χ0) is 10.6. The van der Waals surface area contributed by atoms with Gasteiger partial charge in [0, 0.05) is 0 Å². The van der Waals surface area contributed by atoms with Crippen LogP contribution in [0.3, 0.4) is 0 Å². The molecular weight excluding hydrogens is 175 g/mol. The monoisotopic (exact) mass is 192 g/mol. The van der Waals surface area contributed by atoms with Crippen molar-refractivity contribution < 1.29 is 4.39 Å². The van der Waals surface area contributed by atoms with Gasteiger partial charge in [-0.25, -0.2) is 4.39 Å². The van der Waals surface area contributed by atoms with Crippen molar-refractivity contribution in [2.75, 3.05) is 0 Å². The van der Waals surface area contributed by atoms with Gasteiger partial charge >= 0.3 is 0 Å². The zero-order valence-corrected chi connectivity index (χ0v) is 9.05. The maximum Gasteiger partial charge on any atom is 0.127 e. The van der Waals surface area contributed by atoms with Crippen LogP contribution in [0.15, 0.2) is 24.3 Å². The minimum absolute atomic E-state index is 0.0886. The van der Waals surface area contributed by atoms with Crippen LogP contribution in [0.2, 0.25) is 0 Å². The van der Waals surface area contributed by atoms with Crippen LogP contribution < -0.4 is 0 Å². The number of benzene rings is 1. The first-order valence-electron chi connectivity index (χ1n) is 5.04. The van der Waals surface area contributed by atoms with E-state index < -0.39 is 0 Å². The highest BCUT2D eigenvalue weighted by Crippen LogP contribution is 2.15. The molecule has 0 saturated carbocycles. The van der Waals surface area contributed by atoms with E-state index in [0.717, 1.165) is 17.5 Å². The van der Waals surface area contributed by atoms with Gasteiger partial charge in [0.1, 0.15) is 5.82 Å². The fraction of sp³-hybridized carbons (Fsp3) is 0.385. The van der Waals surface area contributed by atoms with Crippen molar-refractivity contribution in [2.24, 2.45) is 5.92 Å². The molecule has 0 aliphatic heterocycles. The summed E-state index contributed by atoms with van der Waals surface area (Å²) in [5.74, 6) is 0.409. The Morgan fingerprint density at radius 3 is 2.57 bits per heavy atom. The molecule has 0 saturated heterocycles. The van der Waals surface area contributed by atoms with E-state index in [2.05, 4.69) is 13.8 Å². The molecule has 0 bridgehead atoms. The van der Waals surface area contributed by atoms with Crippen LogP contribution in [0.5, 0.6) is 0 Å². The van der Waals surface area contributed by atoms with Gasteiger partial charge in [-0.3, -0.25) is 0 Å². The molecule has 76 valence electrons. The van der Waals surface area contributed by atoms with E-state index in [4.69, 9.17) is 0 Å². The average molecular weight is 192 g/mol. The maximum absolute atomic E-state index is 13.5. The van der Waals surface area contributed by atoms with Crippen LogP contribution in [0, 0.1) is 11.7 Å². The van der Waals surface area contributed by atoms with Crippen molar-refractivity contribution >= 4 is 6.08 Å². The molecule has 1 aromatic rings. The molecule has 0 atom stereocenters.